The molecule has 0 saturated heterocycles. The van der Waals surface area contributed by atoms with Crippen LogP contribution in [0.25, 0.3) is 22.2 Å². The van der Waals surface area contributed by atoms with Crippen LogP contribution in [0.2, 0.25) is 5.02 Å². The van der Waals surface area contributed by atoms with E-state index in [0.29, 0.717) is 47.3 Å². The van der Waals surface area contributed by atoms with Gasteiger partial charge in [-0.1, -0.05) is 62.6 Å². The Bertz CT molecular complexity index is 1400. The van der Waals surface area contributed by atoms with Gasteiger partial charge in [0.15, 0.2) is 0 Å². The molecule has 2 heterocycles. The Kier molecular flexibility index (Phi) is 10.3. The van der Waals surface area contributed by atoms with Crippen LogP contribution < -0.4 is 5.32 Å². The number of hydrogen-bond acceptors (Lipinski definition) is 5. The van der Waals surface area contributed by atoms with Crippen LogP contribution in [0, 0.1) is 0 Å². The van der Waals surface area contributed by atoms with Crippen molar-refractivity contribution in [2.45, 2.75) is 58.7 Å². The average molecular weight is 570 g/mol. The first-order valence-electron chi connectivity index (χ1n) is 13.8. The maximum Gasteiger partial charge on any atom is 0.418 e. The first-order chi connectivity index (χ1) is 19.3. The van der Waals surface area contributed by atoms with Crippen LogP contribution in [0.5, 0.6) is 0 Å². The zero-order valence-corrected chi connectivity index (χ0v) is 23.7. The number of fused-ring (bicyclic) bond motifs is 1. The standard InChI is InChI=1S/C31H35ClF3N5/c1-3-5-18-40(19-6-4-2)21-28-38-27-20-23(29-25(31(33,34)35)11-9-16-36-29)13-14-24(27)30(39-28)37-17-15-22-10-7-8-12-26(22)32/h7-14,16,20H,3-6,15,17-19,21H2,1-2H3,(H,37,38,39). The highest BCUT2D eigenvalue weighted by Gasteiger charge is 2.34. The summed E-state index contributed by atoms with van der Waals surface area (Å²) in [6.07, 6.45) is 1.88. The van der Waals surface area contributed by atoms with E-state index in [9.17, 15) is 13.2 Å². The Labute approximate surface area is 238 Å². The van der Waals surface area contributed by atoms with Gasteiger partial charge in [-0.2, -0.15) is 13.2 Å². The van der Waals surface area contributed by atoms with Gasteiger partial charge in [-0.3, -0.25) is 9.88 Å². The maximum absolute atomic E-state index is 13.7. The Morgan fingerprint density at radius 1 is 0.925 bits per heavy atom. The minimum atomic E-state index is -4.51. The molecule has 212 valence electrons. The van der Waals surface area contributed by atoms with Crippen LogP contribution in [0.15, 0.2) is 60.8 Å². The molecule has 0 spiro atoms. The van der Waals surface area contributed by atoms with E-state index in [1.54, 1.807) is 18.2 Å². The second-order valence-electron chi connectivity index (χ2n) is 9.87. The third-order valence-electron chi connectivity index (χ3n) is 6.80. The van der Waals surface area contributed by atoms with Gasteiger partial charge >= 0.3 is 6.18 Å². The molecule has 0 bridgehead atoms. The average Bonchev–Trinajstić information content (AvgIpc) is 2.94. The van der Waals surface area contributed by atoms with Crippen molar-refractivity contribution in [1.29, 1.82) is 0 Å². The molecule has 4 aromatic rings. The molecule has 2 aromatic heterocycles. The van der Waals surface area contributed by atoms with Crippen molar-refractivity contribution in [1.82, 2.24) is 19.9 Å². The van der Waals surface area contributed by atoms with E-state index in [1.165, 1.54) is 12.3 Å². The molecule has 40 heavy (non-hydrogen) atoms. The molecule has 0 aliphatic rings. The summed E-state index contributed by atoms with van der Waals surface area (Å²) in [7, 11) is 0. The molecule has 5 nitrogen and oxygen atoms in total. The molecule has 2 aromatic carbocycles. The minimum absolute atomic E-state index is 0.113. The minimum Gasteiger partial charge on any atom is -0.369 e. The zero-order valence-electron chi connectivity index (χ0n) is 22.9. The van der Waals surface area contributed by atoms with Gasteiger partial charge in [0.1, 0.15) is 11.6 Å². The molecule has 9 heteroatoms. The molecule has 0 radical (unpaired) electrons. The van der Waals surface area contributed by atoms with Gasteiger partial charge in [-0.05, 0) is 68.2 Å². The lowest BCUT2D eigenvalue weighted by Crippen LogP contribution is -2.27. The van der Waals surface area contributed by atoms with Gasteiger partial charge in [0.2, 0.25) is 0 Å². The van der Waals surface area contributed by atoms with Gasteiger partial charge < -0.3 is 5.32 Å². The summed E-state index contributed by atoms with van der Waals surface area (Å²) in [5.41, 5.74) is 1.08. The lowest BCUT2D eigenvalue weighted by atomic mass is 10.0. The Balaban J connectivity index is 1.71. The van der Waals surface area contributed by atoms with Crippen molar-refractivity contribution in [3.63, 3.8) is 0 Å². The van der Waals surface area contributed by atoms with E-state index in [1.807, 2.05) is 24.3 Å². The SMILES string of the molecule is CCCCN(CCCC)Cc1nc(NCCc2ccccc2Cl)c2ccc(-c3ncccc3C(F)(F)F)cc2n1. The molecule has 0 fully saturated rings. The van der Waals surface area contributed by atoms with E-state index < -0.39 is 11.7 Å². The highest BCUT2D eigenvalue weighted by molar-refractivity contribution is 6.31. The van der Waals surface area contributed by atoms with E-state index in [-0.39, 0.29) is 5.69 Å². The van der Waals surface area contributed by atoms with Crippen LogP contribution in [0.1, 0.15) is 56.5 Å². The normalized spacial score (nSPS) is 11.9. The number of hydrogen-bond donors (Lipinski definition) is 1. The molecule has 1 N–H and O–H groups in total. The lowest BCUT2D eigenvalue weighted by Gasteiger charge is -2.22. The van der Waals surface area contributed by atoms with Crippen molar-refractivity contribution >= 4 is 28.3 Å². The Morgan fingerprint density at radius 3 is 2.38 bits per heavy atom. The van der Waals surface area contributed by atoms with Gasteiger partial charge in [-0.15, -0.1) is 0 Å². The van der Waals surface area contributed by atoms with Crippen LogP contribution in [-0.4, -0.2) is 39.5 Å². The van der Waals surface area contributed by atoms with Crippen molar-refractivity contribution in [3.8, 4) is 11.3 Å². The lowest BCUT2D eigenvalue weighted by molar-refractivity contribution is -0.137. The Hall–Kier alpha value is -3.23. The van der Waals surface area contributed by atoms with Crippen molar-refractivity contribution in [3.05, 3.63) is 82.8 Å². The first kappa shape index (κ1) is 29.7. The number of nitrogens with zero attached hydrogens (tertiary/aromatic N) is 4. The quantitative estimate of drug-likeness (QED) is 0.175. The highest BCUT2D eigenvalue weighted by atomic mass is 35.5. The van der Waals surface area contributed by atoms with Crippen LogP contribution in [-0.2, 0) is 19.1 Å². The summed E-state index contributed by atoms with van der Waals surface area (Å²) < 4.78 is 41.2. The molecule has 0 amide bonds. The predicted molar refractivity (Wildman–Crippen MR) is 157 cm³/mol. The van der Waals surface area contributed by atoms with Crippen molar-refractivity contribution in [2.75, 3.05) is 25.0 Å². The number of unbranched alkanes of at least 4 members (excludes halogenated alkanes) is 2. The molecule has 0 saturated carbocycles. The molecular formula is C31H35ClF3N5. The molecular weight excluding hydrogens is 535 g/mol. The summed E-state index contributed by atoms with van der Waals surface area (Å²) in [5, 5.41) is 4.88. The summed E-state index contributed by atoms with van der Waals surface area (Å²) in [6, 6.07) is 15.2. The largest absolute Gasteiger partial charge is 0.418 e. The predicted octanol–water partition coefficient (Wildman–Crippen LogP) is 8.42. The maximum atomic E-state index is 13.7. The number of rotatable bonds is 13. The fourth-order valence-corrected chi connectivity index (χ4v) is 4.87. The molecule has 0 aliphatic heterocycles. The third-order valence-corrected chi connectivity index (χ3v) is 7.16. The number of anilines is 1. The number of alkyl halides is 3. The molecule has 0 atom stereocenters. The van der Waals surface area contributed by atoms with E-state index in [2.05, 4.69) is 29.0 Å². The summed E-state index contributed by atoms with van der Waals surface area (Å²) in [6.45, 7) is 7.37. The second-order valence-corrected chi connectivity index (χ2v) is 10.3. The van der Waals surface area contributed by atoms with Gasteiger partial charge in [0, 0.05) is 28.7 Å². The fourth-order valence-electron chi connectivity index (χ4n) is 4.64. The number of nitrogens with one attached hydrogen (secondary N) is 1. The highest BCUT2D eigenvalue weighted by Crippen LogP contribution is 2.37. The molecule has 4 rings (SSSR count). The van der Waals surface area contributed by atoms with Crippen molar-refractivity contribution < 1.29 is 13.2 Å². The van der Waals surface area contributed by atoms with Crippen LogP contribution >= 0.6 is 11.6 Å². The van der Waals surface area contributed by atoms with Gasteiger partial charge in [0.25, 0.3) is 0 Å². The third kappa shape index (κ3) is 7.70. The van der Waals surface area contributed by atoms with Gasteiger partial charge in [-0.25, -0.2) is 9.97 Å². The fraction of sp³-hybridized carbons (Fsp3) is 0.387. The van der Waals surface area contributed by atoms with Crippen molar-refractivity contribution in [2.24, 2.45) is 0 Å². The van der Waals surface area contributed by atoms with Gasteiger partial charge in [0.05, 0.1) is 23.3 Å². The van der Waals surface area contributed by atoms with E-state index in [4.69, 9.17) is 21.6 Å². The summed E-state index contributed by atoms with van der Waals surface area (Å²) >= 11 is 6.34. The monoisotopic (exact) mass is 569 g/mol. The zero-order chi connectivity index (χ0) is 28.5. The molecule has 0 aliphatic carbocycles. The second kappa shape index (κ2) is 13.9. The molecule has 0 unspecified atom stereocenters. The number of pyridine rings is 1. The first-order valence-corrected chi connectivity index (χ1v) is 14.2. The number of benzene rings is 2. The number of halogens is 4. The number of aromatic nitrogens is 3. The summed E-state index contributed by atoms with van der Waals surface area (Å²) in [4.78, 5) is 16.1. The summed E-state index contributed by atoms with van der Waals surface area (Å²) in [5.74, 6) is 1.29. The van der Waals surface area contributed by atoms with E-state index in [0.717, 1.165) is 55.8 Å². The van der Waals surface area contributed by atoms with Crippen LogP contribution in [0.3, 0.4) is 0 Å². The smallest absolute Gasteiger partial charge is 0.369 e. The van der Waals surface area contributed by atoms with Crippen LogP contribution in [0.4, 0.5) is 19.0 Å². The van der Waals surface area contributed by atoms with E-state index >= 15 is 0 Å². The topological polar surface area (TPSA) is 53.9 Å². The Morgan fingerprint density at radius 2 is 1.68 bits per heavy atom.